The minimum Gasteiger partial charge on any atom is -0.462 e. The Bertz CT molecular complexity index is 157. The predicted octanol–water partition coefficient (Wildman–Crippen LogP) is 3.53. The van der Waals surface area contributed by atoms with Crippen LogP contribution in [0.25, 0.3) is 0 Å². The van der Waals surface area contributed by atoms with Crippen molar-refractivity contribution in [2.45, 2.75) is 52.6 Å². The van der Waals surface area contributed by atoms with E-state index >= 15 is 0 Å². The molecule has 2 nitrogen and oxygen atoms in total. The average Bonchev–Trinajstić information content (AvgIpc) is 2.12. The largest absolute Gasteiger partial charge is 0.462 e. The fourth-order valence-corrected chi connectivity index (χ4v) is 1.34. The Hall–Kier alpha value is -0.0500. The molecule has 0 bridgehead atoms. The number of esters is 1. The second-order valence-corrected chi connectivity index (χ2v) is 4.73. The maximum Gasteiger partial charge on any atom is 0.306 e. The molecule has 0 saturated carbocycles. The summed E-state index contributed by atoms with van der Waals surface area (Å²) >= 11 is 3.36. The van der Waals surface area contributed by atoms with Gasteiger partial charge in [-0.05, 0) is 25.7 Å². The molecule has 3 heteroatoms. The van der Waals surface area contributed by atoms with Crippen LogP contribution in [0.15, 0.2) is 0 Å². The highest BCUT2D eigenvalue weighted by Gasteiger charge is 2.12. The molecule has 0 aromatic rings. The molecule has 0 rings (SSSR count). The highest BCUT2D eigenvalue weighted by atomic mass is 79.9. The Balaban J connectivity index is 3.45. The van der Waals surface area contributed by atoms with Crippen LogP contribution in [-0.2, 0) is 9.53 Å². The summed E-state index contributed by atoms with van der Waals surface area (Å²) in [4.78, 5) is 11.3. The van der Waals surface area contributed by atoms with Gasteiger partial charge in [0, 0.05) is 11.8 Å². The molecular formula is C11H21BrO2. The minimum atomic E-state index is -0.0548. The maximum absolute atomic E-state index is 11.3. The molecule has 0 aliphatic rings. The molecule has 1 atom stereocenters. The van der Waals surface area contributed by atoms with Crippen molar-refractivity contribution in [2.24, 2.45) is 5.92 Å². The van der Waals surface area contributed by atoms with E-state index in [-0.39, 0.29) is 12.1 Å². The first kappa shape index (κ1) is 13.9. The summed E-state index contributed by atoms with van der Waals surface area (Å²) in [6.07, 6.45) is 3.77. The SMILES string of the molecule is CC(C)C(C)OC(=O)CCCCCBr. The van der Waals surface area contributed by atoms with E-state index < -0.39 is 0 Å². The van der Waals surface area contributed by atoms with Crippen LogP contribution in [0.1, 0.15) is 46.5 Å². The lowest BCUT2D eigenvalue weighted by molar-refractivity contribution is -0.150. The van der Waals surface area contributed by atoms with Gasteiger partial charge in [0.05, 0.1) is 0 Å². The third-order valence-corrected chi connectivity index (χ3v) is 2.83. The smallest absolute Gasteiger partial charge is 0.306 e. The summed E-state index contributed by atoms with van der Waals surface area (Å²) in [7, 11) is 0. The number of hydrogen-bond donors (Lipinski definition) is 0. The van der Waals surface area contributed by atoms with Gasteiger partial charge in [0.2, 0.25) is 0 Å². The highest BCUT2D eigenvalue weighted by Crippen LogP contribution is 2.09. The first-order valence-corrected chi connectivity index (χ1v) is 6.45. The molecule has 84 valence electrons. The van der Waals surface area contributed by atoms with Gasteiger partial charge < -0.3 is 4.74 Å². The van der Waals surface area contributed by atoms with Gasteiger partial charge in [-0.1, -0.05) is 36.2 Å². The molecule has 0 spiro atoms. The minimum absolute atomic E-state index is 0.0404. The number of ether oxygens (including phenoxy) is 1. The van der Waals surface area contributed by atoms with Crippen molar-refractivity contribution < 1.29 is 9.53 Å². The van der Waals surface area contributed by atoms with Gasteiger partial charge in [0.25, 0.3) is 0 Å². The quantitative estimate of drug-likeness (QED) is 0.400. The van der Waals surface area contributed by atoms with Crippen molar-refractivity contribution in [3.05, 3.63) is 0 Å². The van der Waals surface area contributed by atoms with Crippen LogP contribution in [0.4, 0.5) is 0 Å². The molecular weight excluding hydrogens is 244 g/mol. The van der Waals surface area contributed by atoms with Crippen molar-refractivity contribution in [2.75, 3.05) is 5.33 Å². The zero-order valence-electron chi connectivity index (χ0n) is 9.38. The molecule has 1 unspecified atom stereocenters. The lowest BCUT2D eigenvalue weighted by Gasteiger charge is -2.16. The van der Waals surface area contributed by atoms with E-state index in [4.69, 9.17) is 4.74 Å². The maximum atomic E-state index is 11.3. The van der Waals surface area contributed by atoms with Crippen molar-refractivity contribution in [1.29, 1.82) is 0 Å². The zero-order valence-corrected chi connectivity index (χ0v) is 11.0. The average molecular weight is 265 g/mol. The van der Waals surface area contributed by atoms with Crippen LogP contribution in [0, 0.1) is 5.92 Å². The summed E-state index contributed by atoms with van der Waals surface area (Å²) in [5.74, 6) is 0.349. The zero-order chi connectivity index (χ0) is 11.0. The van der Waals surface area contributed by atoms with Crippen molar-refractivity contribution in [1.82, 2.24) is 0 Å². The van der Waals surface area contributed by atoms with E-state index in [0.29, 0.717) is 12.3 Å². The van der Waals surface area contributed by atoms with Crippen LogP contribution >= 0.6 is 15.9 Å². The highest BCUT2D eigenvalue weighted by molar-refractivity contribution is 9.09. The van der Waals surface area contributed by atoms with E-state index in [1.165, 1.54) is 0 Å². The van der Waals surface area contributed by atoms with Gasteiger partial charge in [0.15, 0.2) is 0 Å². The molecule has 0 saturated heterocycles. The van der Waals surface area contributed by atoms with E-state index in [1.54, 1.807) is 0 Å². The van der Waals surface area contributed by atoms with Crippen LogP contribution < -0.4 is 0 Å². The van der Waals surface area contributed by atoms with Crippen molar-refractivity contribution >= 4 is 21.9 Å². The molecule has 0 aliphatic carbocycles. The van der Waals surface area contributed by atoms with Gasteiger partial charge in [-0.25, -0.2) is 0 Å². The topological polar surface area (TPSA) is 26.3 Å². The molecule has 0 N–H and O–H groups in total. The molecule has 0 aromatic heterocycles. The normalized spacial score (nSPS) is 12.9. The molecule has 0 aromatic carbocycles. The number of rotatable bonds is 7. The number of halogens is 1. The first-order valence-electron chi connectivity index (χ1n) is 5.33. The molecule has 0 aliphatic heterocycles. The van der Waals surface area contributed by atoms with E-state index in [1.807, 2.05) is 6.92 Å². The van der Waals surface area contributed by atoms with Gasteiger partial charge in [0.1, 0.15) is 6.10 Å². The van der Waals surface area contributed by atoms with Gasteiger partial charge in [-0.2, -0.15) is 0 Å². The molecule has 0 heterocycles. The lowest BCUT2D eigenvalue weighted by atomic mass is 10.1. The Morgan fingerprint density at radius 2 is 1.86 bits per heavy atom. The second kappa shape index (κ2) is 8.27. The number of alkyl halides is 1. The summed E-state index contributed by atoms with van der Waals surface area (Å²) in [5.41, 5.74) is 0. The third-order valence-electron chi connectivity index (χ3n) is 2.27. The predicted molar refractivity (Wildman–Crippen MR) is 62.7 cm³/mol. The Morgan fingerprint density at radius 1 is 1.21 bits per heavy atom. The number of hydrogen-bond acceptors (Lipinski definition) is 2. The monoisotopic (exact) mass is 264 g/mol. The van der Waals surface area contributed by atoms with Crippen molar-refractivity contribution in [3.8, 4) is 0 Å². The first-order chi connectivity index (χ1) is 6.57. The fraction of sp³-hybridized carbons (Fsp3) is 0.909. The molecule has 0 amide bonds. The van der Waals surface area contributed by atoms with Gasteiger partial charge in [-0.3, -0.25) is 4.79 Å². The van der Waals surface area contributed by atoms with E-state index in [9.17, 15) is 4.79 Å². The van der Waals surface area contributed by atoms with Crippen LogP contribution in [0.3, 0.4) is 0 Å². The number of carbonyl (C=O) groups is 1. The van der Waals surface area contributed by atoms with Gasteiger partial charge >= 0.3 is 5.97 Å². The second-order valence-electron chi connectivity index (χ2n) is 3.94. The van der Waals surface area contributed by atoms with Gasteiger partial charge in [-0.15, -0.1) is 0 Å². The Kier molecular flexibility index (Phi) is 8.24. The van der Waals surface area contributed by atoms with E-state index in [0.717, 1.165) is 24.6 Å². The lowest BCUT2D eigenvalue weighted by Crippen LogP contribution is -2.19. The Labute approximate surface area is 95.5 Å². The van der Waals surface area contributed by atoms with Crippen LogP contribution in [0.2, 0.25) is 0 Å². The summed E-state index contributed by atoms with van der Waals surface area (Å²) in [6.45, 7) is 6.06. The fourth-order valence-electron chi connectivity index (χ4n) is 0.943. The summed E-state index contributed by atoms with van der Waals surface area (Å²) < 4.78 is 5.24. The third kappa shape index (κ3) is 7.36. The summed E-state index contributed by atoms with van der Waals surface area (Å²) in [5, 5.41) is 1.02. The summed E-state index contributed by atoms with van der Waals surface area (Å²) in [6, 6.07) is 0. The van der Waals surface area contributed by atoms with Crippen LogP contribution in [-0.4, -0.2) is 17.4 Å². The number of unbranched alkanes of at least 4 members (excludes halogenated alkanes) is 2. The number of carbonyl (C=O) groups excluding carboxylic acids is 1. The molecule has 0 fully saturated rings. The standard InChI is InChI=1S/C11H21BrO2/c1-9(2)10(3)14-11(13)7-5-4-6-8-12/h9-10H,4-8H2,1-3H3. The molecule has 14 heavy (non-hydrogen) atoms. The van der Waals surface area contributed by atoms with Crippen molar-refractivity contribution in [3.63, 3.8) is 0 Å². The molecule has 0 radical (unpaired) electrons. The van der Waals surface area contributed by atoms with Crippen LogP contribution in [0.5, 0.6) is 0 Å². The Morgan fingerprint density at radius 3 is 2.36 bits per heavy atom. The van der Waals surface area contributed by atoms with E-state index in [2.05, 4.69) is 29.8 Å².